The van der Waals surface area contributed by atoms with E-state index in [0.717, 1.165) is 30.7 Å². The molecule has 0 radical (unpaired) electrons. The van der Waals surface area contributed by atoms with Gasteiger partial charge in [-0.25, -0.2) is 4.98 Å². The lowest BCUT2D eigenvalue weighted by Crippen LogP contribution is -2.54. The number of H-pyrrole nitrogens is 1. The molecule has 0 spiro atoms. The smallest absolute Gasteiger partial charge is 0.251 e. The van der Waals surface area contributed by atoms with Crippen molar-refractivity contribution in [1.29, 1.82) is 0 Å². The van der Waals surface area contributed by atoms with Gasteiger partial charge in [0.25, 0.3) is 5.91 Å². The van der Waals surface area contributed by atoms with E-state index in [1.807, 2.05) is 18.2 Å². The Bertz CT molecular complexity index is 638. The van der Waals surface area contributed by atoms with Gasteiger partial charge in [0.1, 0.15) is 0 Å². The number of likely N-dealkylation sites (N-methyl/N-ethyl adjacent to an activating group) is 2. The maximum absolute atomic E-state index is 12.3. The molecule has 112 valence electrons. The third-order valence-electron chi connectivity index (χ3n) is 4.16. The van der Waals surface area contributed by atoms with Crippen molar-refractivity contribution in [3.8, 4) is 0 Å². The van der Waals surface area contributed by atoms with Crippen LogP contribution in [0.15, 0.2) is 24.5 Å². The largest absolute Gasteiger partial charge is 0.350 e. The molecule has 1 fully saturated rings. The van der Waals surface area contributed by atoms with Gasteiger partial charge in [0, 0.05) is 37.8 Å². The van der Waals surface area contributed by atoms with Crippen LogP contribution in [0.25, 0.3) is 11.0 Å². The minimum Gasteiger partial charge on any atom is -0.350 e. The first-order valence-electron chi connectivity index (χ1n) is 7.23. The summed E-state index contributed by atoms with van der Waals surface area (Å²) in [6.07, 6.45) is 1.64. The highest BCUT2D eigenvalue weighted by Crippen LogP contribution is 2.12. The van der Waals surface area contributed by atoms with Gasteiger partial charge in [-0.1, -0.05) is 0 Å². The molecule has 0 bridgehead atoms. The number of nitrogens with one attached hydrogen (secondary N) is 2. The summed E-state index contributed by atoms with van der Waals surface area (Å²) in [7, 11) is 4.23. The van der Waals surface area contributed by atoms with Crippen molar-refractivity contribution in [2.75, 3.05) is 40.3 Å². The molecule has 6 nitrogen and oxygen atoms in total. The molecule has 2 heterocycles. The summed E-state index contributed by atoms with van der Waals surface area (Å²) >= 11 is 0. The average Bonchev–Trinajstić information content (AvgIpc) is 2.95. The molecule has 1 aliphatic heterocycles. The average molecular weight is 287 g/mol. The summed E-state index contributed by atoms with van der Waals surface area (Å²) in [5.74, 6) is -0.0341. The highest BCUT2D eigenvalue weighted by molar-refractivity contribution is 5.97. The van der Waals surface area contributed by atoms with Crippen LogP contribution in [0.5, 0.6) is 0 Å². The quantitative estimate of drug-likeness (QED) is 0.865. The first kappa shape index (κ1) is 14.0. The van der Waals surface area contributed by atoms with Crippen LogP contribution < -0.4 is 5.32 Å². The fraction of sp³-hybridized carbons (Fsp3) is 0.467. The van der Waals surface area contributed by atoms with E-state index in [0.29, 0.717) is 18.2 Å². The second-order valence-electron chi connectivity index (χ2n) is 5.74. The molecule has 3 rings (SSSR count). The number of aromatic amines is 1. The van der Waals surface area contributed by atoms with Gasteiger partial charge in [-0.15, -0.1) is 0 Å². The number of hydrogen-bond donors (Lipinski definition) is 2. The number of nitrogens with zero attached hydrogens (tertiary/aromatic N) is 3. The van der Waals surface area contributed by atoms with E-state index in [2.05, 4.69) is 39.2 Å². The third kappa shape index (κ3) is 3.06. The normalized spacial score (nSPS) is 20.8. The Kier molecular flexibility index (Phi) is 3.90. The predicted octanol–water partition coefficient (Wildman–Crippen LogP) is 0.539. The molecular weight excluding hydrogens is 266 g/mol. The van der Waals surface area contributed by atoms with Crippen LogP contribution in [-0.2, 0) is 0 Å². The molecule has 2 aromatic rings. The lowest BCUT2D eigenvalue weighted by Gasteiger charge is -2.37. The molecule has 1 atom stereocenters. The summed E-state index contributed by atoms with van der Waals surface area (Å²) in [5.41, 5.74) is 2.43. The maximum Gasteiger partial charge on any atom is 0.251 e. The summed E-state index contributed by atoms with van der Waals surface area (Å²) in [6.45, 7) is 3.77. The van der Waals surface area contributed by atoms with Gasteiger partial charge >= 0.3 is 0 Å². The van der Waals surface area contributed by atoms with Crippen molar-refractivity contribution in [1.82, 2.24) is 25.1 Å². The summed E-state index contributed by atoms with van der Waals surface area (Å²) < 4.78 is 0. The van der Waals surface area contributed by atoms with E-state index in [9.17, 15) is 4.79 Å². The van der Waals surface area contributed by atoms with Crippen LogP contribution in [-0.4, -0.2) is 72.0 Å². The Hall–Kier alpha value is -1.92. The van der Waals surface area contributed by atoms with Gasteiger partial charge < -0.3 is 15.2 Å². The van der Waals surface area contributed by atoms with E-state index in [-0.39, 0.29) is 5.91 Å². The van der Waals surface area contributed by atoms with Crippen LogP contribution in [0.4, 0.5) is 0 Å². The van der Waals surface area contributed by atoms with E-state index >= 15 is 0 Å². The molecule has 6 heteroatoms. The molecule has 0 saturated carbocycles. The molecule has 0 aliphatic carbocycles. The molecule has 2 N–H and O–H groups in total. The Morgan fingerprint density at radius 2 is 2.29 bits per heavy atom. The fourth-order valence-corrected chi connectivity index (χ4v) is 2.71. The zero-order valence-electron chi connectivity index (χ0n) is 12.5. The third-order valence-corrected chi connectivity index (χ3v) is 4.16. The second-order valence-corrected chi connectivity index (χ2v) is 5.74. The molecule has 1 aromatic heterocycles. The molecule has 1 saturated heterocycles. The van der Waals surface area contributed by atoms with Gasteiger partial charge in [-0.3, -0.25) is 9.69 Å². The molecule has 1 aromatic carbocycles. The number of hydrogen-bond acceptors (Lipinski definition) is 4. The Morgan fingerprint density at radius 1 is 1.43 bits per heavy atom. The van der Waals surface area contributed by atoms with Crippen LogP contribution >= 0.6 is 0 Å². The first-order valence-corrected chi connectivity index (χ1v) is 7.23. The number of carbonyl (C=O) groups is 1. The van der Waals surface area contributed by atoms with Crippen LogP contribution in [0, 0.1) is 0 Å². The van der Waals surface area contributed by atoms with Crippen molar-refractivity contribution in [3.63, 3.8) is 0 Å². The van der Waals surface area contributed by atoms with Gasteiger partial charge in [0.05, 0.1) is 17.4 Å². The van der Waals surface area contributed by atoms with E-state index in [1.165, 1.54) is 0 Å². The number of carbonyl (C=O) groups excluding carboxylic acids is 1. The molecular formula is C15H21N5O. The topological polar surface area (TPSA) is 64.3 Å². The van der Waals surface area contributed by atoms with Gasteiger partial charge in [0.15, 0.2) is 0 Å². The molecule has 1 unspecified atom stereocenters. The Morgan fingerprint density at radius 3 is 3.14 bits per heavy atom. The van der Waals surface area contributed by atoms with Crippen molar-refractivity contribution >= 4 is 16.9 Å². The SMILES string of the molecule is CN1CCN(C)C(CNC(=O)c2ccc3nc[nH]c3c2)C1. The number of amides is 1. The Labute approximate surface area is 124 Å². The highest BCUT2D eigenvalue weighted by Gasteiger charge is 2.22. The van der Waals surface area contributed by atoms with Gasteiger partial charge in [0.2, 0.25) is 0 Å². The lowest BCUT2D eigenvalue weighted by atomic mass is 10.1. The second kappa shape index (κ2) is 5.83. The van der Waals surface area contributed by atoms with E-state index in [1.54, 1.807) is 6.33 Å². The highest BCUT2D eigenvalue weighted by atomic mass is 16.1. The predicted molar refractivity (Wildman–Crippen MR) is 82.3 cm³/mol. The first-order chi connectivity index (χ1) is 10.1. The van der Waals surface area contributed by atoms with E-state index < -0.39 is 0 Å². The summed E-state index contributed by atoms with van der Waals surface area (Å²) in [6, 6.07) is 5.88. The zero-order chi connectivity index (χ0) is 14.8. The van der Waals surface area contributed by atoms with Crippen molar-refractivity contribution in [3.05, 3.63) is 30.1 Å². The number of rotatable bonds is 3. The van der Waals surface area contributed by atoms with Crippen molar-refractivity contribution < 1.29 is 4.79 Å². The van der Waals surface area contributed by atoms with Crippen molar-refractivity contribution in [2.24, 2.45) is 0 Å². The standard InChI is InChI=1S/C15H21N5O/c1-19-5-6-20(2)12(9-19)8-16-15(21)11-3-4-13-14(7-11)18-10-17-13/h3-4,7,10,12H,5-6,8-9H2,1-2H3,(H,16,21)(H,17,18). The number of aromatic nitrogens is 2. The summed E-state index contributed by atoms with van der Waals surface area (Å²) in [4.78, 5) is 24.1. The number of fused-ring (bicyclic) bond motifs is 1. The summed E-state index contributed by atoms with van der Waals surface area (Å²) in [5, 5.41) is 3.03. The monoisotopic (exact) mass is 287 g/mol. The number of piperazine rings is 1. The number of benzene rings is 1. The Balaban J connectivity index is 1.63. The van der Waals surface area contributed by atoms with Gasteiger partial charge in [-0.05, 0) is 32.3 Å². The zero-order valence-corrected chi connectivity index (χ0v) is 12.5. The fourth-order valence-electron chi connectivity index (χ4n) is 2.71. The van der Waals surface area contributed by atoms with Crippen LogP contribution in [0.1, 0.15) is 10.4 Å². The minimum atomic E-state index is -0.0341. The minimum absolute atomic E-state index is 0.0341. The van der Waals surface area contributed by atoms with Crippen LogP contribution in [0.2, 0.25) is 0 Å². The van der Waals surface area contributed by atoms with E-state index in [4.69, 9.17) is 0 Å². The molecule has 1 aliphatic rings. The van der Waals surface area contributed by atoms with Crippen LogP contribution in [0.3, 0.4) is 0 Å². The lowest BCUT2D eigenvalue weighted by molar-refractivity contribution is 0.0881. The number of imidazole rings is 1. The van der Waals surface area contributed by atoms with Crippen molar-refractivity contribution in [2.45, 2.75) is 6.04 Å². The van der Waals surface area contributed by atoms with Gasteiger partial charge in [-0.2, -0.15) is 0 Å². The molecule has 1 amide bonds. The maximum atomic E-state index is 12.3. The molecule has 21 heavy (non-hydrogen) atoms.